The van der Waals surface area contributed by atoms with E-state index in [2.05, 4.69) is 10.3 Å². The fraction of sp³-hybridized carbons (Fsp3) is 0.600. The summed E-state index contributed by atoms with van der Waals surface area (Å²) < 4.78 is 0. The lowest BCUT2D eigenvalue weighted by molar-refractivity contribution is 0.0910. The third-order valence-electron chi connectivity index (χ3n) is 2.19. The molecule has 0 fully saturated rings. The molecule has 0 aromatic carbocycles. The molecule has 5 nitrogen and oxygen atoms in total. The lowest BCUT2D eigenvalue weighted by Crippen LogP contribution is -2.37. The second kappa shape index (κ2) is 6.57. The van der Waals surface area contributed by atoms with Crippen LogP contribution in [-0.2, 0) is 6.42 Å². The Morgan fingerprint density at radius 1 is 1.75 bits per heavy atom. The minimum atomic E-state index is -0.236. The lowest BCUT2D eigenvalue weighted by atomic mass is 10.2. The van der Waals surface area contributed by atoms with Gasteiger partial charge in [0, 0.05) is 11.8 Å². The highest BCUT2D eigenvalue weighted by atomic mass is 32.1. The van der Waals surface area contributed by atoms with Crippen molar-refractivity contribution < 1.29 is 9.90 Å². The summed E-state index contributed by atoms with van der Waals surface area (Å²) in [5.41, 5.74) is 5.81. The Morgan fingerprint density at radius 3 is 3.06 bits per heavy atom. The van der Waals surface area contributed by atoms with Crippen LogP contribution in [0.15, 0.2) is 5.38 Å². The summed E-state index contributed by atoms with van der Waals surface area (Å²) in [6, 6.07) is -0.202. The largest absolute Gasteiger partial charge is 0.394 e. The molecule has 16 heavy (non-hydrogen) atoms. The van der Waals surface area contributed by atoms with Crippen molar-refractivity contribution in [1.82, 2.24) is 10.3 Å². The Kier molecular flexibility index (Phi) is 5.37. The first-order valence-corrected chi connectivity index (χ1v) is 6.15. The third-order valence-corrected chi connectivity index (χ3v) is 3.10. The van der Waals surface area contributed by atoms with E-state index in [1.807, 2.05) is 6.92 Å². The topological polar surface area (TPSA) is 88.2 Å². The fourth-order valence-electron chi connectivity index (χ4n) is 1.19. The van der Waals surface area contributed by atoms with Gasteiger partial charge in [0.1, 0.15) is 5.69 Å². The highest BCUT2D eigenvalue weighted by Crippen LogP contribution is 2.10. The van der Waals surface area contributed by atoms with Gasteiger partial charge >= 0.3 is 0 Å². The fourth-order valence-corrected chi connectivity index (χ4v) is 1.98. The third kappa shape index (κ3) is 3.55. The molecule has 1 unspecified atom stereocenters. The van der Waals surface area contributed by atoms with Crippen molar-refractivity contribution in [1.29, 1.82) is 0 Å². The van der Waals surface area contributed by atoms with E-state index in [0.29, 0.717) is 25.1 Å². The Labute approximate surface area is 98.7 Å². The van der Waals surface area contributed by atoms with E-state index in [1.54, 1.807) is 5.38 Å². The van der Waals surface area contributed by atoms with Crippen LogP contribution < -0.4 is 11.1 Å². The molecule has 6 heteroatoms. The molecule has 90 valence electrons. The Morgan fingerprint density at radius 2 is 2.50 bits per heavy atom. The molecule has 1 atom stereocenters. The van der Waals surface area contributed by atoms with Crippen LogP contribution in [0.2, 0.25) is 0 Å². The molecular formula is C10H17N3O2S. The Hall–Kier alpha value is -0.980. The highest BCUT2D eigenvalue weighted by molar-refractivity contribution is 7.09. The molecule has 0 spiro atoms. The number of aromatic nitrogens is 1. The number of aliphatic hydroxyl groups excluding tert-OH is 1. The summed E-state index contributed by atoms with van der Waals surface area (Å²) in [5.74, 6) is -0.236. The minimum Gasteiger partial charge on any atom is -0.394 e. The van der Waals surface area contributed by atoms with E-state index >= 15 is 0 Å². The van der Waals surface area contributed by atoms with Gasteiger partial charge in [0.15, 0.2) is 0 Å². The van der Waals surface area contributed by atoms with E-state index in [0.717, 1.165) is 5.01 Å². The number of nitrogens with two attached hydrogens (primary N) is 1. The number of nitrogens with one attached hydrogen (secondary N) is 1. The first kappa shape index (κ1) is 13.1. The maximum atomic E-state index is 11.7. The average Bonchev–Trinajstić information content (AvgIpc) is 2.74. The van der Waals surface area contributed by atoms with Crippen molar-refractivity contribution in [3.63, 3.8) is 0 Å². The van der Waals surface area contributed by atoms with E-state index in [1.165, 1.54) is 11.3 Å². The summed E-state index contributed by atoms with van der Waals surface area (Å²) in [6.45, 7) is 2.38. The molecular weight excluding hydrogens is 226 g/mol. The number of aliphatic hydroxyl groups is 1. The van der Waals surface area contributed by atoms with Crippen molar-refractivity contribution in [2.24, 2.45) is 5.73 Å². The van der Waals surface area contributed by atoms with E-state index in [-0.39, 0.29) is 18.6 Å². The maximum Gasteiger partial charge on any atom is 0.271 e. The number of carbonyl (C=O) groups excluding carboxylic acids is 1. The molecule has 1 aromatic heterocycles. The van der Waals surface area contributed by atoms with Crippen LogP contribution in [0.3, 0.4) is 0 Å². The van der Waals surface area contributed by atoms with Gasteiger partial charge in [-0.1, -0.05) is 6.92 Å². The molecule has 0 aliphatic heterocycles. The first-order chi connectivity index (χ1) is 7.71. The molecule has 0 saturated carbocycles. The predicted molar refractivity (Wildman–Crippen MR) is 63.5 cm³/mol. The van der Waals surface area contributed by atoms with E-state index < -0.39 is 0 Å². The number of carbonyl (C=O) groups is 1. The van der Waals surface area contributed by atoms with Crippen LogP contribution in [0.5, 0.6) is 0 Å². The molecule has 0 radical (unpaired) electrons. The van der Waals surface area contributed by atoms with Gasteiger partial charge in [-0.2, -0.15) is 0 Å². The molecule has 0 bridgehead atoms. The first-order valence-electron chi connectivity index (χ1n) is 5.27. The summed E-state index contributed by atoms with van der Waals surface area (Å²) in [5, 5.41) is 14.3. The van der Waals surface area contributed by atoms with E-state index in [4.69, 9.17) is 10.8 Å². The van der Waals surface area contributed by atoms with Crippen molar-refractivity contribution in [2.45, 2.75) is 25.8 Å². The molecule has 1 rings (SSSR count). The maximum absolute atomic E-state index is 11.7. The highest BCUT2D eigenvalue weighted by Gasteiger charge is 2.14. The van der Waals surface area contributed by atoms with Gasteiger partial charge in [-0.25, -0.2) is 4.98 Å². The smallest absolute Gasteiger partial charge is 0.271 e. The molecule has 0 aliphatic rings. The SMILES string of the molecule is CCC(CO)NC(=O)c1csc(CCN)n1. The average molecular weight is 243 g/mol. The van der Waals surface area contributed by atoms with Gasteiger partial charge in [0.25, 0.3) is 5.91 Å². The number of rotatable bonds is 6. The number of hydrogen-bond acceptors (Lipinski definition) is 5. The van der Waals surface area contributed by atoms with Crippen LogP contribution in [-0.4, -0.2) is 35.2 Å². The normalized spacial score (nSPS) is 12.4. The zero-order chi connectivity index (χ0) is 12.0. The minimum absolute atomic E-state index is 0.0535. The van der Waals surface area contributed by atoms with Crippen molar-refractivity contribution in [3.8, 4) is 0 Å². The summed E-state index contributed by atoms with van der Waals surface area (Å²) in [6.07, 6.45) is 1.39. The van der Waals surface area contributed by atoms with Gasteiger partial charge < -0.3 is 16.2 Å². The van der Waals surface area contributed by atoms with Gasteiger partial charge in [-0.15, -0.1) is 11.3 Å². The number of hydrogen-bond donors (Lipinski definition) is 3. The van der Waals surface area contributed by atoms with E-state index in [9.17, 15) is 4.79 Å². The van der Waals surface area contributed by atoms with Crippen molar-refractivity contribution in [2.75, 3.05) is 13.2 Å². The van der Waals surface area contributed by atoms with Crippen LogP contribution >= 0.6 is 11.3 Å². The van der Waals surface area contributed by atoms with Crippen molar-refractivity contribution >= 4 is 17.2 Å². The lowest BCUT2D eigenvalue weighted by Gasteiger charge is -2.12. The summed E-state index contributed by atoms with van der Waals surface area (Å²) in [7, 11) is 0. The summed E-state index contributed by atoms with van der Waals surface area (Å²) >= 11 is 1.43. The molecule has 1 heterocycles. The predicted octanol–water partition coefficient (Wildman–Crippen LogP) is 0.145. The van der Waals surface area contributed by atoms with Gasteiger partial charge in [0.05, 0.1) is 17.7 Å². The van der Waals surface area contributed by atoms with Crippen molar-refractivity contribution in [3.05, 3.63) is 16.1 Å². The zero-order valence-corrected chi connectivity index (χ0v) is 10.1. The zero-order valence-electron chi connectivity index (χ0n) is 9.27. The van der Waals surface area contributed by atoms with Gasteiger partial charge in [-0.3, -0.25) is 4.79 Å². The molecule has 0 saturated heterocycles. The van der Waals surface area contributed by atoms with Crippen LogP contribution in [0.4, 0.5) is 0 Å². The molecule has 1 amide bonds. The van der Waals surface area contributed by atoms with Crippen LogP contribution in [0, 0.1) is 0 Å². The van der Waals surface area contributed by atoms with Gasteiger partial charge in [-0.05, 0) is 13.0 Å². The van der Waals surface area contributed by atoms with Crippen LogP contribution in [0.25, 0.3) is 0 Å². The molecule has 4 N–H and O–H groups in total. The number of amides is 1. The number of thiazole rings is 1. The molecule has 1 aromatic rings. The Bertz CT molecular complexity index is 337. The Balaban J connectivity index is 2.58. The number of nitrogens with zero attached hydrogens (tertiary/aromatic N) is 1. The monoisotopic (exact) mass is 243 g/mol. The van der Waals surface area contributed by atoms with Gasteiger partial charge in [0.2, 0.25) is 0 Å². The second-order valence-electron chi connectivity index (χ2n) is 3.43. The van der Waals surface area contributed by atoms with Crippen LogP contribution in [0.1, 0.15) is 28.8 Å². The second-order valence-corrected chi connectivity index (χ2v) is 4.37. The standard InChI is InChI=1S/C10H17N3O2S/c1-2-7(5-14)12-10(15)8-6-16-9(13-8)3-4-11/h6-7,14H,2-5,11H2,1H3,(H,12,15). The quantitative estimate of drug-likeness (QED) is 0.663. The molecule has 0 aliphatic carbocycles. The summed E-state index contributed by atoms with van der Waals surface area (Å²) in [4.78, 5) is 15.8.